The van der Waals surface area contributed by atoms with E-state index in [1.807, 2.05) is 0 Å². The fraction of sp³-hybridized carbons (Fsp3) is 0.857. The highest BCUT2D eigenvalue weighted by atomic mass is 16.5. The summed E-state index contributed by atoms with van der Waals surface area (Å²) in [5, 5.41) is 5.72. The molecule has 1 atom stereocenters. The average Bonchev–Trinajstić information content (AvgIpc) is 2.39. The minimum absolute atomic E-state index is 0.217. The molecular formula is C14H27N3O3. The van der Waals surface area contributed by atoms with Crippen LogP contribution in [-0.2, 0) is 9.53 Å². The highest BCUT2D eigenvalue weighted by Gasteiger charge is 2.21. The quantitative estimate of drug-likeness (QED) is 0.765. The van der Waals surface area contributed by atoms with E-state index >= 15 is 0 Å². The second-order valence-electron chi connectivity index (χ2n) is 5.44. The number of alkyl carbamates (subject to hydrolysis) is 1. The zero-order chi connectivity index (χ0) is 15.0. The molecule has 0 aromatic carbocycles. The van der Waals surface area contributed by atoms with Gasteiger partial charge in [-0.1, -0.05) is 6.42 Å². The number of ether oxygens (including phenoxy) is 1. The topological polar surface area (TPSA) is 70.7 Å². The second kappa shape index (κ2) is 8.92. The molecular weight excluding hydrogens is 258 g/mol. The first-order valence-electron chi connectivity index (χ1n) is 7.47. The van der Waals surface area contributed by atoms with Gasteiger partial charge in [0, 0.05) is 18.6 Å². The fourth-order valence-corrected chi connectivity index (χ4v) is 2.33. The molecule has 6 nitrogen and oxygen atoms in total. The fourth-order valence-electron chi connectivity index (χ4n) is 2.33. The summed E-state index contributed by atoms with van der Waals surface area (Å²) in [6.45, 7) is 8.17. The van der Waals surface area contributed by atoms with Crippen molar-refractivity contribution in [2.75, 3.05) is 26.2 Å². The van der Waals surface area contributed by atoms with Crippen LogP contribution in [0.1, 0.15) is 40.0 Å². The van der Waals surface area contributed by atoms with Crippen molar-refractivity contribution in [3.63, 3.8) is 0 Å². The van der Waals surface area contributed by atoms with Gasteiger partial charge in [-0.25, -0.2) is 4.79 Å². The number of carbonyl (C=O) groups excluding carboxylic acids is 2. The zero-order valence-electron chi connectivity index (χ0n) is 12.8. The summed E-state index contributed by atoms with van der Waals surface area (Å²) in [6.07, 6.45) is 2.93. The van der Waals surface area contributed by atoms with Crippen molar-refractivity contribution in [1.29, 1.82) is 0 Å². The van der Waals surface area contributed by atoms with Crippen molar-refractivity contribution in [1.82, 2.24) is 15.5 Å². The summed E-state index contributed by atoms with van der Waals surface area (Å²) in [6, 6.07) is 0.688. The van der Waals surface area contributed by atoms with Gasteiger partial charge in [-0.2, -0.15) is 0 Å². The van der Waals surface area contributed by atoms with Gasteiger partial charge in [-0.3, -0.25) is 15.0 Å². The maximum Gasteiger partial charge on any atom is 0.413 e. The Morgan fingerprint density at radius 1 is 1.40 bits per heavy atom. The summed E-state index contributed by atoms with van der Waals surface area (Å²) >= 11 is 0. The maximum absolute atomic E-state index is 11.8. The van der Waals surface area contributed by atoms with Crippen molar-refractivity contribution in [3.8, 4) is 0 Å². The number of nitrogens with zero attached hydrogens (tertiary/aromatic N) is 1. The molecule has 20 heavy (non-hydrogen) atoms. The third-order valence-electron chi connectivity index (χ3n) is 3.46. The van der Waals surface area contributed by atoms with E-state index in [1.165, 1.54) is 12.8 Å². The molecule has 0 saturated carbocycles. The third-order valence-corrected chi connectivity index (χ3v) is 3.46. The predicted octanol–water partition coefficient (Wildman–Crippen LogP) is 1.11. The highest BCUT2D eigenvalue weighted by Crippen LogP contribution is 2.10. The lowest BCUT2D eigenvalue weighted by Crippen LogP contribution is -2.49. The van der Waals surface area contributed by atoms with Crippen LogP contribution in [0, 0.1) is 0 Å². The van der Waals surface area contributed by atoms with Gasteiger partial charge in [0.25, 0.3) is 0 Å². The first-order valence-corrected chi connectivity index (χ1v) is 7.47. The summed E-state index contributed by atoms with van der Waals surface area (Å²) in [4.78, 5) is 25.1. The number of carbonyl (C=O) groups is 2. The summed E-state index contributed by atoms with van der Waals surface area (Å²) < 4.78 is 4.70. The van der Waals surface area contributed by atoms with E-state index < -0.39 is 6.09 Å². The van der Waals surface area contributed by atoms with Gasteiger partial charge in [-0.15, -0.1) is 0 Å². The lowest BCUT2D eigenvalue weighted by atomic mass is 10.0. The first-order chi connectivity index (χ1) is 9.52. The van der Waals surface area contributed by atoms with Crippen LogP contribution >= 0.6 is 0 Å². The SMILES string of the molecule is CCOC(=O)NC(=O)CN(CC1CCCCN1)C(C)C. The van der Waals surface area contributed by atoms with Gasteiger partial charge < -0.3 is 10.1 Å². The largest absolute Gasteiger partial charge is 0.450 e. The van der Waals surface area contributed by atoms with Crippen LogP contribution in [0.4, 0.5) is 4.79 Å². The lowest BCUT2D eigenvalue weighted by molar-refractivity contribution is -0.122. The first kappa shape index (κ1) is 16.9. The normalized spacial score (nSPS) is 19.1. The molecule has 1 unspecified atom stereocenters. The number of piperidine rings is 1. The Balaban J connectivity index is 2.41. The van der Waals surface area contributed by atoms with Crippen molar-refractivity contribution >= 4 is 12.0 Å². The van der Waals surface area contributed by atoms with Crippen LogP contribution in [0.2, 0.25) is 0 Å². The van der Waals surface area contributed by atoms with Gasteiger partial charge >= 0.3 is 6.09 Å². The molecule has 2 N–H and O–H groups in total. The third kappa shape index (κ3) is 6.34. The molecule has 1 aliphatic rings. The monoisotopic (exact) mass is 285 g/mol. The van der Waals surface area contributed by atoms with Gasteiger partial charge in [0.05, 0.1) is 13.2 Å². The minimum Gasteiger partial charge on any atom is -0.450 e. The molecule has 0 aliphatic carbocycles. The van der Waals surface area contributed by atoms with Crippen molar-refractivity contribution < 1.29 is 14.3 Å². The standard InChI is InChI=1S/C14H27N3O3/c1-4-20-14(19)16-13(18)10-17(11(2)3)9-12-7-5-6-8-15-12/h11-12,15H,4-10H2,1-3H3,(H,16,18,19). The Hall–Kier alpha value is -1.14. The summed E-state index contributed by atoms with van der Waals surface area (Å²) in [7, 11) is 0. The molecule has 0 aromatic heterocycles. The summed E-state index contributed by atoms with van der Waals surface area (Å²) in [5.74, 6) is -0.312. The van der Waals surface area contributed by atoms with Crippen molar-refractivity contribution in [3.05, 3.63) is 0 Å². The zero-order valence-corrected chi connectivity index (χ0v) is 12.8. The Morgan fingerprint density at radius 2 is 2.15 bits per heavy atom. The minimum atomic E-state index is -0.669. The molecule has 0 aromatic rings. The Bertz CT molecular complexity index is 315. The van der Waals surface area contributed by atoms with Crippen LogP contribution in [0.3, 0.4) is 0 Å². The predicted molar refractivity (Wildman–Crippen MR) is 77.5 cm³/mol. The van der Waals surface area contributed by atoms with E-state index in [-0.39, 0.29) is 25.1 Å². The number of hydrogen-bond acceptors (Lipinski definition) is 5. The molecule has 0 spiro atoms. The molecule has 1 heterocycles. The van der Waals surface area contributed by atoms with Crippen LogP contribution in [0.15, 0.2) is 0 Å². The van der Waals surface area contributed by atoms with E-state index in [1.54, 1.807) is 6.92 Å². The van der Waals surface area contributed by atoms with E-state index in [0.29, 0.717) is 6.04 Å². The number of hydrogen-bond donors (Lipinski definition) is 2. The van der Waals surface area contributed by atoms with Gasteiger partial charge in [0.1, 0.15) is 0 Å². The molecule has 1 rings (SSSR count). The van der Waals surface area contributed by atoms with Gasteiger partial charge in [-0.05, 0) is 40.2 Å². The Morgan fingerprint density at radius 3 is 2.70 bits per heavy atom. The molecule has 1 saturated heterocycles. The molecule has 1 fully saturated rings. The van der Waals surface area contributed by atoms with Crippen LogP contribution < -0.4 is 10.6 Å². The van der Waals surface area contributed by atoms with E-state index in [0.717, 1.165) is 19.5 Å². The maximum atomic E-state index is 11.8. The van der Waals surface area contributed by atoms with Crippen LogP contribution in [-0.4, -0.2) is 55.2 Å². The van der Waals surface area contributed by atoms with Gasteiger partial charge in [0.15, 0.2) is 0 Å². The number of nitrogens with one attached hydrogen (secondary N) is 2. The molecule has 1 aliphatic heterocycles. The summed E-state index contributed by atoms with van der Waals surface area (Å²) in [5.41, 5.74) is 0. The van der Waals surface area contributed by atoms with Crippen molar-refractivity contribution in [2.24, 2.45) is 0 Å². The Kier molecular flexibility index (Phi) is 7.54. The highest BCUT2D eigenvalue weighted by molar-refractivity contribution is 5.92. The van der Waals surface area contributed by atoms with Gasteiger partial charge in [0.2, 0.25) is 5.91 Å². The second-order valence-corrected chi connectivity index (χ2v) is 5.44. The van der Waals surface area contributed by atoms with E-state index in [4.69, 9.17) is 4.74 Å². The molecule has 0 bridgehead atoms. The van der Waals surface area contributed by atoms with E-state index in [2.05, 4.69) is 29.4 Å². The smallest absolute Gasteiger partial charge is 0.413 e. The lowest BCUT2D eigenvalue weighted by Gasteiger charge is -2.32. The molecule has 0 radical (unpaired) electrons. The molecule has 116 valence electrons. The number of amides is 2. The molecule has 2 amide bonds. The molecule has 6 heteroatoms. The van der Waals surface area contributed by atoms with E-state index in [9.17, 15) is 9.59 Å². The number of rotatable bonds is 6. The number of imide groups is 1. The van der Waals surface area contributed by atoms with Crippen LogP contribution in [0.5, 0.6) is 0 Å². The van der Waals surface area contributed by atoms with Crippen molar-refractivity contribution in [2.45, 2.75) is 52.1 Å². The average molecular weight is 285 g/mol. The van der Waals surface area contributed by atoms with Crippen LogP contribution in [0.25, 0.3) is 0 Å². The Labute approximate surface area is 121 Å².